The van der Waals surface area contributed by atoms with Crippen molar-refractivity contribution in [2.45, 2.75) is 32.3 Å². The Hall–Kier alpha value is -3.39. The van der Waals surface area contributed by atoms with Crippen molar-refractivity contribution in [3.8, 4) is 40.1 Å². The first-order valence-electron chi connectivity index (χ1n) is 10.0. The first-order valence-corrected chi connectivity index (χ1v) is 10.0. The maximum absolute atomic E-state index is 13.3. The van der Waals surface area contributed by atoms with Crippen LogP contribution in [0.15, 0.2) is 33.5 Å². The average Bonchev–Trinajstić information content (AvgIpc) is 2.76. The number of aromatic hydroxyl groups is 1. The van der Waals surface area contributed by atoms with E-state index in [-0.39, 0.29) is 28.2 Å². The molecule has 0 atom stereocenters. The molecule has 0 unspecified atom stereocenters. The van der Waals surface area contributed by atoms with Gasteiger partial charge in [0, 0.05) is 17.2 Å². The van der Waals surface area contributed by atoms with Crippen molar-refractivity contribution in [1.29, 1.82) is 0 Å². The Morgan fingerprint density at radius 2 is 1.59 bits per heavy atom. The van der Waals surface area contributed by atoms with Crippen molar-refractivity contribution in [3.63, 3.8) is 0 Å². The second kappa shape index (κ2) is 9.00. The van der Waals surface area contributed by atoms with Crippen LogP contribution in [-0.2, 0) is 6.42 Å². The summed E-state index contributed by atoms with van der Waals surface area (Å²) in [5.41, 5.74) is -0.225. The first-order chi connectivity index (χ1) is 15.1. The Balaban J connectivity index is 2.36. The molecule has 0 aliphatic carbocycles. The number of fused-ring (bicyclic) bond motifs is 1. The summed E-state index contributed by atoms with van der Waals surface area (Å²) in [5.74, 6) is 1.15. The lowest BCUT2D eigenvalue weighted by molar-refractivity contribution is 0.0713. The van der Waals surface area contributed by atoms with Crippen LogP contribution in [0.1, 0.15) is 25.8 Å². The predicted molar refractivity (Wildman–Crippen MR) is 120 cm³/mol. The van der Waals surface area contributed by atoms with Crippen LogP contribution in [-0.4, -0.2) is 44.3 Å². The number of hydrogen-bond acceptors (Lipinski definition) is 8. The van der Waals surface area contributed by atoms with Gasteiger partial charge in [0.05, 0.1) is 34.0 Å². The van der Waals surface area contributed by atoms with Gasteiger partial charge in [-0.1, -0.05) is 0 Å². The zero-order valence-electron chi connectivity index (χ0n) is 19.1. The number of aliphatic hydroxyl groups is 1. The van der Waals surface area contributed by atoms with E-state index in [1.165, 1.54) is 34.5 Å². The topological polar surface area (TPSA) is 108 Å². The molecule has 1 heterocycles. The summed E-state index contributed by atoms with van der Waals surface area (Å²) in [4.78, 5) is 13.3. The average molecular weight is 444 g/mol. The summed E-state index contributed by atoms with van der Waals surface area (Å²) < 4.78 is 27.7. The highest BCUT2D eigenvalue weighted by Gasteiger charge is 2.25. The van der Waals surface area contributed by atoms with Crippen molar-refractivity contribution < 1.29 is 33.6 Å². The van der Waals surface area contributed by atoms with Gasteiger partial charge >= 0.3 is 0 Å². The molecule has 0 spiro atoms. The number of methoxy groups -OCH3 is 4. The summed E-state index contributed by atoms with van der Waals surface area (Å²) in [5, 5.41) is 20.8. The second-order valence-electron chi connectivity index (χ2n) is 7.96. The number of ether oxygens (including phenoxy) is 4. The van der Waals surface area contributed by atoms with Crippen LogP contribution < -0.4 is 24.4 Å². The van der Waals surface area contributed by atoms with Crippen LogP contribution in [0.3, 0.4) is 0 Å². The van der Waals surface area contributed by atoms with E-state index in [2.05, 4.69) is 0 Å². The quantitative estimate of drug-likeness (QED) is 0.539. The summed E-state index contributed by atoms with van der Waals surface area (Å²) in [6.07, 6.45) is 0.731. The molecule has 0 aliphatic heterocycles. The largest absolute Gasteiger partial charge is 0.507 e. The van der Waals surface area contributed by atoms with Crippen molar-refractivity contribution in [2.75, 3.05) is 28.4 Å². The SMILES string of the molecule is COc1ccc(-c2oc3c(CCC(C)(C)O)c(OC)cc(O)c3c(=O)c2OC)cc1OC. The van der Waals surface area contributed by atoms with E-state index in [9.17, 15) is 15.0 Å². The Kier molecular flexibility index (Phi) is 6.55. The highest BCUT2D eigenvalue weighted by Crippen LogP contribution is 2.41. The van der Waals surface area contributed by atoms with Crippen molar-refractivity contribution in [1.82, 2.24) is 0 Å². The lowest BCUT2D eigenvalue weighted by Gasteiger charge is -2.19. The summed E-state index contributed by atoms with van der Waals surface area (Å²) in [6.45, 7) is 3.38. The molecular formula is C24H28O8. The maximum atomic E-state index is 13.3. The standard InChI is InChI=1S/C24H28O8/c1-24(2,27)10-9-14-17(29-4)12-15(25)19-20(26)23(31-6)21(32-22(14)19)13-7-8-16(28-3)18(11-13)30-5/h7-8,11-12,25,27H,9-10H2,1-6H3. The third-order valence-electron chi connectivity index (χ3n) is 5.22. The Labute approximate surface area is 185 Å². The van der Waals surface area contributed by atoms with Crippen LogP contribution in [0.25, 0.3) is 22.3 Å². The summed E-state index contributed by atoms with van der Waals surface area (Å²) >= 11 is 0. The lowest BCUT2D eigenvalue weighted by atomic mass is 9.96. The van der Waals surface area contributed by atoms with Gasteiger partial charge in [0.25, 0.3) is 0 Å². The monoisotopic (exact) mass is 444 g/mol. The van der Waals surface area contributed by atoms with Crippen molar-refractivity contribution >= 4 is 11.0 Å². The first kappa shape index (κ1) is 23.3. The van der Waals surface area contributed by atoms with Gasteiger partial charge in [0.2, 0.25) is 11.2 Å². The van der Waals surface area contributed by atoms with Gasteiger partial charge < -0.3 is 33.6 Å². The smallest absolute Gasteiger partial charge is 0.239 e. The molecule has 0 radical (unpaired) electrons. The molecule has 172 valence electrons. The third-order valence-corrected chi connectivity index (χ3v) is 5.22. The number of hydrogen-bond donors (Lipinski definition) is 2. The molecule has 8 heteroatoms. The van der Waals surface area contributed by atoms with E-state index in [0.29, 0.717) is 41.2 Å². The fourth-order valence-corrected chi connectivity index (χ4v) is 3.56. The van der Waals surface area contributed by atoms with E-state index in [0.717, 1.165) is 0 Å². The molecule has 0 saturated carbocycles. The van der Waals surface area contributed by atoms with Gasteiger partial charge in [-0.15, -0.1) is 0 Å². The van der Waals surface area contributed by atoms with Gasteiger partial charge in [-0.25, -0.2) is 0 Å². The van der Waals surface area contributed by atoms with Crippen LogP contribution >= 0.6 is 0 Å². The molecule has 0 bridgehead atoms. The minimum Gasteiger partial charge on any atom is -0.507 e. The van der Waals surface area contributed by atoms with Gasteiger partial charge in [0.1, 0.15) is 22.5 Å². The maximum Gasteiger partial charge on any atom is 0.239 e. The molecule has 0 fully saturated rings. The third kappa shape index (κ3) is 4.31. The normalized spacial score (nSPS) is 11.5. The number of benzene rings is 2. The Morgan fingerprint density at radius 1 is 0.938 bits per heavy atom. The van der Waals surface area contributed by atoms with E-state index in [4.69, 9.17) is 23.4 Å². The summed E-state index contributed by atoms with van der Waals surface area (Å²) in [6, 6.07) is 6.44. The Morgan fingerprint density at radius 3 is 2.16 bits per heavy atom. The molecule has 8 nitrogen and oxygen atoms in total. The van der Waals surface area contributed by atoms with E-state index >= 15 is 0 Å². The minimum absolute atomic E-state index is 0.0161. The molecular weight excluding hydrogens is 416 g/mol. The lowest BCUT2D eigenvalue weighted by Crippen LogP contribution is -2.19. The fraction of sp³-hybridized carbons (Fsp3) is 0.375. The van der Waals surface area contributed by atoms with Crippen LogP contribution in [0.5, 0.6) is 28.7 Å². The van der Waals surface area contributed by atoms with E-state index < -0.39 is 11.0 Å². The van der Waals surface area contributed by atoms with Crippen molar-refractivity contribution in [2.24, 2.45) is 0 Å². The predicted octanol–water partition coefficient (Wildman–Crippen LogP) is 3.90. The highest BCUT2D eigenvalue weighted by atomic mass is 16.5. The number of rotatable bonds is 8. The molecule has 2 aromatic carbocycles. The zero-order valence-corrected chi connectivity index (χ0v) is 19.1. The van der Waals surface area contributed by atoms with Gasteiger partial charge in [-0.05, 0) is 44.9 Å². The van der Waals surface area contributed by atoms with E-state index in [1.807, 2.05) is 0 Å². The number of phenols is 1. The number of phenolic OH excluding ortho intramolecular Hbond substituents is 1. The highest BCUT2D eigenvalue weighted by molar-refractivity contribution is 5.91. The van der Waals surface area contributed by atoms with Crippen LogP contribution in [0, 0.1) is 0 Å². The molecule has 3 aromatic rings. The molecule has 2 N–H and O–H groups in total. The second-order valence-corrected chi connectivity index (χ2v) is 7.96. The molecule has 0 aliphatic rings. The van der Waals surface area contributed by atoms with Crippen LogP contribution in [0.2, 0.25) is 0 Å². The number of aryl methyl sites for hydroxylation is 1. The van der Waals surface area contributed by atoms with Gasteiger partial charge in [0.15, 0.2) is 17.3 Å². The summed E-state index contributed by atoms with van der Waals surface area (Å²) in [7, 11) is 5.86. The van der Waals surface area contributed by atoms with Crippen molar-refractivity contribution in [3.05, 3.63) is 40.1 Å². The minimum atomic E-state index is -0.950. The zero-order chi connectivity index (χ0) is 23.6. The van der Waals surface area contributed by atoms with Crippen LogP contribution in [0.4, 0.5) is 0 Å². The van der Waals surface area contributed by atoms with Gasteiger partial charge in [-0.2, -0.15) is 0 Å². The molecule has 1 aromatic heterocycles. The van der Waals surface area contributed by atoms with Gasteiger partial charge in [-0.3, -0.25) is 4.79 Å². The molecule has 0 amide bonds. The molecule has 3 rings (SSSR count). The molecule has 0 saturated heterocycles. The Bertz CT molecular complexity index is 1190. The molecule has 32 heavy (non-hydrogen) atoms. The fourth-order valence-electron chi connectivity index (χ4n) is 3.56. The van der Waals surface area contributed by atoms with E-state index in [1.54, 1.807) is 32.0 Å².